The van der Waals surface area contributed by atoms with E-state index in [1.165, 1.54) is 25.7 Å². The molecular weight excluding hydrogens is 472 g/mol. The van der Waals surface area contributed by atoms with E-state index in [1.807, 2.05) is 36.2 Å². The Balaban J connectivity index is 1.38. The van der Waals surface area contributed by atoms with E-state index in [0.29, 0.717) is 41.0 Å². The number of hydrogen-bond donors (Lipinski definition) is 1. The van der Waals surface area contributed by atoms with Crippen LogP contribution in [-0.2, 0) is 16.1 Å². The highest BCUT2D eigenvalue weighted by atomic mass is 35.5. The van der Waals surface area contributed by atoms with Crippen LogP contribution >= 0.6 is 11.6 Å². The summed E-state index contributed by atoms with van der Waals surface area (Å²) in [6.07, 6.45) is 11.9. The summed E-state index contributed by atoms with van der Waals surface area (Å²) in [6.45, 7) is 6.13. The summed E-state index contributed by atoms with van der Waals surface area (Å²) in [4.78, 5) is 13.8. The topological polar surface area (TPSA) is 64.4 Å². The molecule has 0 radical (unpaired) electrons. The van der Waals surface area contributed by atoms with Crippen LogP contribution in [0.25, 0.3) is 10.9 Å². The fraction of sp³-hybridized carbons (Fsp3) is 0.733. The summed E-state index contributed by atoms with van der Waals surface area (Å²) in [6, 6.07) is 5.75. The van der Waals surface area contributed by atoms with Crippen molar-refractivity contribution in [3.05, 3.63) is 29.4 Å². The number of ether oxygens (including phenoxy) is 1. The number of methoxy groups -OCH3 is 1. The van der Waals surface area contributed by atoms with Gasteiger partial charge in [-0.1, -0.05) is 31.9 Å². The zero-order valence-electron chi connectivity index (χ0n) is 22.2. The second-order valence-electron chi connectivity index (χ2n) is 12.2. The molecule has 0 amide bonds. The zero-order valence-corrected chi connectivity index (χ0v) is 23.0. The molecule has 1 aromatic heterocycles. The zero-order chi connectivity index (χ0) is 25.5. The quantitative estimate of drug-likeness (QED) is 0.412. The summed E-state index contributed by atoms with van der Waals surface area (Å²) >= 11 is 6.24. The molecule has 3 aliphatic carbocycles. The first-order valence-electron chi connectivity index (χ1n) is 14.1. The predicted octanol–water partition coefficient (Wildman–Crippen LogP) is 6.54. The Morgan fingerprint density at radius 2 is 2.06 bits per heavy atom. The molecule has 36 heavy (non-hydrogen) atoms. The molecule has 0 aliphatic heterocycles. The number of rotatable bonds is 9. The number of fused-ring (bicyclic) bond motifs is 4. The summed E-state index contributed by atoms with van der Waals surface area (Å²) in [7, 11) is 1.85. The molecule has 0 bridgehead atoms. The number of benzene rings is 1. The number of carbonyl (C=O) groups is 1. The maximum Gasteiger partial charge on any atom is 0.157 e. The van der Waals surface area contributed by atoms with Crippen LogP contribution in [0.2, 0.25) is 5.02 Å². The van der Waals surface area contributed by atoms with Gasteiger partial charge in [-0.2, -0.15) is 5.10 Å². The Labute approximate surface area is 220 Å². The van der Waals surface area contributed by atoms with Crippen molar-refractivity contribution in [1.29, 1.82) is 0 Å². The standard InChI is InChI=1S/C30H43ClN2O3/c1-4-21-7-9-23-24-10-11-26(28(35)18-33-27-16-22(31)8-6-20(27)17-32-33)29(24,2)14-12-25(23)30(21,19-36-3)13-5-15-34/h6,8,16-17,21,23-26,34H,4-5,7,9-15,18-19H2,1-3H3/t21-,23-,24-,25-,26+,29-,30+/m0/s1. The molecule has 0 spiro atoms. The molecule has 6 heteroatoms. The van der Waals surface area contributed by atoms with E-state index in [4.69, 9.17) is 16.3 Å². The minimum absolute atomic E-state index is 0.0632. The van der Waals surface area contributed by atoms with Crippen molar-refractivity contribution in [1.82, 2.24) is 9.78 Å². The van der Waals surface area contributed by atoms with Crippen LogP contribution < -0.4 is 0 Å². The van der Waals surface area contributed by atoms with Crippen molar-refractivity contribution in [3.63, 3.8) is 0 Å². The van der Waals surface area contributed by atoms with Crippen molar-refractivity contribution >= 4 is 28.3 Å². The summed E-state index contributed by atoms with van der Waals surface area (Å²) < 4.78 is 7.75. The van der Waals surface area contributed by atoms with Gasteiger partial charge in [0.25, 0.3) is 0 Å². The number of aliphatic hydroxyl groups is 1. The summed E-state index contributed by atoms with van der Waals surface area (Å²) in [5.74, 6) is 2.97. The van der Waals surface area contributed by atoms with Crippen molar-refractivity contribution in [2.45, 2.75) is 78.2 Å². The Morgan fingerprint density at radius 3 is 2.81 bits per heavy atom. The van der Waals surface area contributed by atoms with E-state index in [1.54, 1.807) is 0 Å². The lowest BCUT2D eigenvalue weighted by molar-refractivity contribution is -0.144. The molecule has 7 atom stereocenters. The Morgan fingerprint density at radius 1 is 1.22 bits per heavy atom. The van der Waals surface area contributed by atoms with Gasteiger partial charge in [-0.3, -0.25) is 9.48 Å². The molecule has 2 aromatic rings. The lowest BCUT2D eigenvalue weighted by Gasteiger charge is -2.60. The maximum absolute atomic E-state index is 13.8. The van der Waals surface area contributed by atoms with Gasteiger partial charge in [-0.05, 0) is 104 Å². The van der Waals surface area contributed by atoms with Crippen LogP contribution in [0.15, 0.2) is 24.4 Å². The van der Waals surface area contributed by atoms with E-state index in [9.17, 15) is 9.90 Å². The third-order valence-corrected chi connectivity index (χ3v) is 11.1. The van der Waals surface area contributed by atoms with Crippen LogP contribution in [-0.4, -0.2) is 41.0 Å². The average Bonchev–Trinajstić information content (AvgIpc) is 3.43. The molecule has 3 saturated carbocycles. The van der Waals surface area contributed by atoms with Gasteiger partial charge in [0.1, 0.15) is 6.54 Å². The first-order valence-corrected chi connectivity index (χ1v) is 14.5. The van der Waals surface area contributed by atoms with E-state index in [-0.39, 0.29) is 23.4 Å². The summed E-state index contributed by atoms with van der Waals surface area (Å²) in [5, 5.41) is 15.9. The smallest absolute Gasteiger partial charge is 0.157 e. The molecule has 1 heterocycles. The van der Waals surface area contributed by atoms with Crippen LogP contribution in [0.5, 0.6) is 0 Å². The molecule has 0 unspecified atom stereocenters. The number of halogens is 1. The van der Waals surface area contributed by atoms with E-state index in [2.05, 4.69) is 18.9 Å². The molecule has 0 saturated heterocycles. The fourth-order valence-electron chi connectivity index (χ4n) is 9.32. The maximum atomic E-state index is 13.8. The van der Waals surface area contributed by atoms with Gasteiger partial charge in [-0.15, -0.1) is 0 Å². The highest BCUT2D eigenvalue weighted by Gasteiger charge is 2.61. The van der Waals surface area contributed by atoms with Crippen LogP contribution in [0, 0.1) is 40.4 Å². The first kappa shape index (κ1) is 26.2. The SMILES string of the molecule is CC[C@H]1CC[C@H]2[C@@H]3CC[C@H](C(=O)Cn4ncc5ccc(Cl)cc54)[C@@]3(C)CC[C@@H]2[C@]1(CCCO)COC. The second kappa shape index (κ2) is 10.4. The van der Waals surface area contributed by atoms with Gasteiger partial charge in [0, 0.05) is 30.0 Å². The third-order valence-electron chi connectivity index (χ3n) is 10.8. The first-order chi connectivity index (χ1) is 17.4. The molecule has 5 nitrogen and oxygen atoms in total. The van der Waals surface area contributed by atoms with E-state index >= 15 is 0 Å². The van der Waals surface area contributed by atoms with Gasteiger partial charge in [-0.25, -0.2) is 0 Å². The number of aromatic nitrogens is 2. The Kier molecular flexibility index (Phi) is 7.55. The van der Waals surface area contributed by atoms with Crippen LogP contribution in [0.4, 0.5) is 0 Å². The molecule has 3 aliphatic rings. The minimum Gasteiger partial charge on any atom is -0.396 e. The third kappa shape index (κ3) is 4.23. The van der Waals surface area contributed by atoms with Crippen molar-refractivity contribution in [3.8, 4) is 0 Å². The number of carbonyl (C=O) groups excluding carboxylic acids is 1. The molecule has 1 aromatic carbocycles. The normalized spacial score (nSPS) is 36.1. The highest BCUT2D eigenvalue weighted by molar-refractivity contribution is 6.31. The molecule has 3 fully saturated rings. The van der Waals surface area contributed by atoms with Crippen molar-refractivity contribution in [2.24, 2.45) is 40.4 Å². The van der Waals surface area contributed by atoms with E-state index < -0.39 is 0 Å². The molecular formula is C30H43ClN2O3. The minimum atomic E-state index is 0.0632. The monoisotopic (exact) mass is 514 g/mol. The second-order valence-corrected chi connectivity index (χ2v) is 12.6. The largest absolute Gasteiger partial charge is 0.396 e. The van der Waals surface area contributed by atoms with Gasteiger partial charge in [0.05, 0.1) is 18.3 Å². The number of nitrogens with zero attached hydrogens (tertiary/aromatic N) is 2. The van der Waals surface area contributed by atoms with Crippen molar-refractivity contribution in [2.75, 3.05) is 20.3 Å². The van der Waals surface area contributed by atoms with Gasteiger partial charge in [0.2, 0.25) is 0 Å². The molecule has 1 N–H and O–H groups in total. The fourth-order valence-corrected chi connectivity index (χ4v) is 9.48. The van der Waals surface area contributed by atoms with Gasteiger partial charge >= 0.3 is 0 Å². The Bertz CT molecular complexity index is 1090. The van der Waals surface area contributed by atoms with E-state index in [0.717, 1.165) is 49.6 Å². The number of hydrogen-bond acceptors (Lipinski definition) is 4. The molecule has 198 valence electrons. The predicted molar refractivity (Wildman–Crippen MR) is 144 cm³/mol. The van der Waals surface area contributed by atoms with Gasteiger partial charge < -0.3 is 9.84 Å². The van der Waals surface area contributed by atoms with Gasteiger partial charge in [0.15, 0.2) is 5.78 Å². The van der Waals surface area contributed by atoms with Crippen LogP contribution in [0.1, 0.15) is 71.6 Å². The summed E-state index contributed by atoms with van der Waals surface area (Å²) in [5.41, 5.74) is 1.16. The molecule has 5 rings (SSSR count). The number of Topliss-reactive ketones (excluding diaryl/α,β-unsaturated/α-hetero) is 1. The highest BCUT2D eigenvalue weighted by Crippen LogP contribution is 2.66. The Hall–Kier alpha value is -1.43. The van der Waals surface area contributed by atoms with Crippen molar-refractivity contribution < 1.29 is 14.6 Å². The number of ketones is 1. The number of aliphatic hydroxyl groups excluding tert-OH is 1. The lowest BCUT2D eigenvalue weighted by atomic mass is 9.45. The average molecular weight is 515 g/mol. The lowest BCUT2D eigenvalue weighted by Crippen LogP contribution is -2.55. The van der Waals surface area contributed by atoms with Crippen LogP contribution in [0.3, 0.4) is 0 Å².